The number of halogens is 9. The summed E-state index contributed by atoms with van der Waals surface area (Å²) >= 11 is 0. The summed E-state index contributed by atoms with van der Waals surface area (Å²) in [7, 11) is 0. The molecule has 2 unspecified atom stereocenters. The van der Waals surface area contributed by atoms with E-state index in [1.54, 1.807) is 4.90 Å². The molecule has 16 heteroatoms. The molecule has 2 aliphatic heterocycles. The average Bonchev–Trinajstić information content (AvgIpc) is 2.76. The molecule has 2 fully saturated rings. The average molecular weight is 553 g/mol. The normalized spacial score (nSPS) is 22.3. The van der Waals surface area contributed by atoms with Crippen molar-refractivity contribution in [3.05, 3.63) is 23.8 Å². The van der Waals surface area contributed by atoms with Crippen LogP contribution >= 0.6 is 0 Å². The highest BCUT2D eigenvalue weighted by molar-refractivity contribution is 5.77. The van der Waals surface area contributed by atoms with Crippen LogP contribution in [-0.4, -0.2) is 87.2 Å². The summed E-state index contributed by atoms with van der Waals surface area (Å²) in [6, 6.07) is 1.32. The van der Waals surface area contributed by atoms with Gasteiger partial charge in [0.2, 0.25) is 0 Å². The van der Waals surface area contributed by atoms with Crippen LogP contribution in [0.1, 0.15) is 12.5 Å². The van der Waals surface area contributed by atoms with Crippen molar-refractivity contribution in [1.29, 1.82) is 0 Å². The van der Waals surface area contributed by atoms with Gasteiger partial charge in [0.1, 0.15) is 11.8 Å². The fourth-order valence-electron chi connectivity index (χ4n) is 4.17. The Bertz CT molecular complexity index is 919. The molecule has 0 spiro atoms. The molecule has 7 nitrogen and oxygen atoms in total. The Morgan fingerprint density at radius 3 is 2.24 bits per heavy atom. The SMILES string of the molecule is CC1NCCN(Cc2ccc(N3CCOCC3)cc2OC(F)(F)F)C1C(=O)OC(C(F)(F)F)C(F)(F)F. The molecular weight excluding hydrogens is 529 g/mol. The van der Waals surface area contributed by atoms with Crippen LogP contribution in [0.15, 0.2) is 18.2 Å². The number of morpholine rings is 1. The number of nitrogens with zero attached hydrogens (tertiary/aromatic N) is 2. The predicted molar refractivity (Wildman–Crippen MR) is 110 cm³/mol. The van der Waals surface area contributed by atoms with Crippen molar-refractivity contribution in [3.63, 3.8) is 0 Å². The lowest BCUT2D eigenvalue weighted by molar-refractivity contribution is -0.314. The van der Waals surface area contributed by atoms with Crippen LogP contribution in [0.4, 0.5) is 45.2 Å². The Morgan fingerprint density at radius 2 is 1.68 bits per heavy atom. The van der Waals surface area contributed by atoms with Gasteiger partial charge in [0.25, 0.3) is 6.10 Å². The lowest BCUT2D eigenvalue weighted by Crippen LogP contribution is -2.61. The third kappa shape index (κ3) is 7.77. The van der Waals surface area contributed by atoms with Gasteiger partial charge in [-0.05, 0) is 13.0 Å². The van der Waals surface area contributed by atoms with Crippen molar-refractivity contribution < 1.29 is 58.5 Å². The second kappa shape index (κ2) is 11.1. The zero-order valence-electron chi connectivity index (χ0n) is 19.3. The number of ether oxygens (including phenoxy) is 3. The summed E-state index contributed by atoms with van der Waals surface area (Å²) in [5.74, 6) is -2.43. The molecule has 1 aromatic carbocycles. The number of carbonyl (C=O) groups is 1. The maximum absolute atomic E-state index is 13.1. The van der Waals surface area contributed by atoms with Gasteiger partial charge >= 0.3 is 24.7 Å². The maximum atomic E-state index is 13.1. The van der Waals surface area contributed by atoms with Gasteiger partial charge in [-0.3, -0.25) is 9.69 Å². The second-order valence-electron chi connectivity index (χ2n) is 8.50. The summed E-state index contributed by atoms with van der Waals surface area (Å²) in [6.07, 6.45) is -21.2. The van der Waals surface area contributed by atoms with E-state index in [9.17, 15) is 44.3 Å². The molecule has 0 aliphatic carbocycles. The van der Waals surface area contributed by atoms with Gasteiger partial charge < -0.3 is 24.4 Å². The first kappa shape index (κ1) is 29.1. The zero-order valence-corrected chi connectivity index (χ0v) is 19.3. The fourth-order valence-corrected chi connectivity index (χ4v) is 4.17. The van der Waals surface area contributed by atoms with Gasteiger partial charge in [-0.25, -0.2) is 0 Å². The first-order chi connectivity index (χ1) is 17.1. The number of piperazine rings is 1. The number of hydrogen-bond donors (Lipinski definition) is 1. The van der Waals surface area contributed by atoms with Crippen molar-refractivity contribution in [2.75, 3.05) is 44.3 Å². The number of alkyl halides is 9. The molecule has 0 radical (unpaired) electrons. The molecule has 0 saturated carbocycles. The molecule has 2 atom stereocenters. The predicted octanol–water partition coefficient (Wildman–Crippen LogP) is 3.62. The molecule has 210 valence electrons. The molecule has 0 bridgehead atoms. The van der Waals surface area contributed by atoms with Crippen LogP contribution in [0.25, 0.3) is 0 Å². The number of nitrogens with one attached hydrogen (secondary N) is 1. The van der Waals surface area contributed by atoms with Gasteiger partial charge in [0, 0.05) is 56.1 Å². The van der Waals surface area contributed by atoms with E-state index < -0.39 is 55.2 Å². The molecule has 1 N–H and O–H groups in total. The molecule has 2 aliphatic rings. The van der Waals surface area contributed by atoms with E-state index in [4.69, 9.17) is 4.74 Å². The van der Waals surface area contributed by atoms with Crippen LogP contribution in [-0.2, 0) is 20.8 Å². The van der Waals surface area contributed by atoms with Crippen molar-refractivity contribution in [2.45, 2.75) is 50.4 Å². The van der Waals surface area contributed by atoms with Crippen LogP contribution in [0.5, 0.6) is 5.75 Å². The Hall–Kier alpha value is -2.46. The Morgan fingerprint density at radius 1 is 1.05 bits per heavy atom. The summed E-state index contributed by atoms with van der Waals surface area (Å²) in [6.45, 7) is 2.51. The molecule has 1 aromatic rings. The Kier molecular flexibility index (Phi) is 8.74. The van der Waals surface area contributed by atoms with E-state index in [0.29, 0.717) is 32.0 Å². The standard InChI is InChI=1S/C21H24F9N3O4/c1-12-16(17(34)36-18(19(22,23)24)20(25,26)27)33(5-4-31-12)11-13-2-3-14(32-6-8-35-9-7-32)10-15(13)37-21(28,29)30/h2-3,10,12,16,18,31H,4-9,11H2,1H3. The van der Waals surface area contributed by atoms with E-state index in [1.165, 1.54) is 19.1 Å². The molecular formula is C21H24F9N3O4. The number of esters is 1. The highest BCUT2D eigenvalue weighted by Gasteiger charge is 2.60. The molecule has 3 rings (SSSR count). The smallest absolute Gasteiger partial charge is 0.442 e. The largest absolute Gasteiger partial charge is 0.573 e. The minimum absolute atomic E-state index is 0.0792. The fraction of sp³-hybridized carbons (Fsp3) is 0.667. The van der Waals surface area contributed by atoms with Crippen LogP contribution < -0.4 is 15.0 Å². The molecule has 0 aromatic heterocycles. The van der Waals surface area contributed by atoms with E-state index in [0.717, 1.165) is 11.0 Å². The van der Waals surface area contributed by atoms with Crippen LogP contribution in [0.2, 0.25) is 0 Å². The van der Waals surface area contributed by atoms with Gasteiger partial charge in [-0.15, -0.1) is 13.2 Å². The number of hydrogen-bond acceptors (Lipinski definition) is 7. The first-order valence-corrected chi connectivity index (χ1v) is 11.1. The monoisotopic (exact) mass is 553 g/mol. The highest BCUT2D eigenvalue weighted by Crippen LogP contribution is 2.37. The molecule has 2 heterocycles. The minimum atomic E-state index is -5.91. The second-order valence-corrected chi connectivity index (χ2v) is 8.50. The van der Waals surface area contributed by atoms with Gasteiger partial charge in [0.05, 0.1) is 13.2 Å². The van der Waals surface area contributed by atoms with E-state index in [-0.39, 0.29) is 18.7 Å². The molecule has 2 saturated heterocycles. The minimum Gasteiger partial charge on any atom is -0.442 e. The number of benzene rings is 1. The van der Waals surface area contributed by atoms with Gasteiger partial charge in [-0.2, -0.15) is 26.3 Å². The lowest BCUT2D eigenvalue weighted by Gasteiger charge is -2.40. The third-order valence-corrected chi connectivity index (χ3v) is 5.83. The van der Waals surface area contributed by atoms with E-state index in [1.807, 2.05) is 0 Å². The lowest BCUT2D eigenvalue weighted by atomic mass is 10.0. The maximum Gasteiger partial charge on any atom is 0.573 e. The van der Waals surface area contributed by atoms with Crippen LogP contribution in [0.3, 0.4) is 0 Å². The van der Waals surface area contributed by atoms with E-state index >= 15 is 0 Å². The van der Waals surface area contributed by atoms with Gasteiger partial charge in [-0.1, -0.05) is 6.07 Å². The van der Waals surface area contributed by atoms with Crippen molar-refractivity contribution in [2.24, 2.45) is 0 Å². The number of carbonyl (C=O) groups excluding carboxylic acids is 1. The number of anilines is 1. The van der Waals surface area contributed by atoms with Crippen molar-refractivity contribution in [1.82, 2.24) is 10.2 Å². The summed E-state index contributed by atoms with van der Waals surface area (Å²) < 4.78 is 130. The highest BCUT2D eigenvalue weighted by atomic mass is 19.4. The third-order valence-electron chi connectivity index (χ3n) is 5.83. The first-order valence-electron chi connectivity index (χ1n) is 11.1. The summed E-state index contributed by atoms with van der Waals surface area (Å²) in [5, 5.41) is 2.75. The van der Waals surface area contributed by atoms with Gasteiger partial charge in [0.15, 0.2) is 0 Å². The van der Waals surface area contributed by atoms with Crippen molar-refractivity contribution >= 4 is 11.7 Å². The topological polar surface area (TPSA) is 63.3 Å². The molecule has 0 amide bonds. The van der Waals surface area contributed by atoms with Crippen LogP contribution in [0, 0.1) is 0 Å². The van der Waals surface area contributed by atoms with Crippen molar-refractivity contribution in [3.8, 4) is 5.75 Å². The number of rotatable bonds is 6. The summed E-state index contributed by atoms with van der Waals surface area (Å²) in [4.78, 5) is 15.5. The Balaban J connectivity index is 1.88. The van der Waals surface area contributed by atoms with E-state index in [2.05, 4.69) is 14.8 Å². The zero-order chi connectivity index (χ0) is 27.6. The Labute approximate surface area is 205 Å². The quantitative estimate of drug-likeness (QED) is 0.427. The molecule has 37 heavy (non-hydrogen) atoms. The summed E-state index contributed by atoms with van der Waals surface area (Å²) in [5.41, 5.74) is 0.318.